The van der Waals surface area contributed by atoms with Crippen molar-refractivity contribution in [2.45, 2.75) is 45.8 Å². The number of unbranched alkanes of at least 4 members (excludes halogenated alkanes) is 2. The SMILES string of the molecule is CCCCCc1ccc2c3c(C(N)=O)cccc3n(Cc3ccccc3OC(F)F)c2c1. The number of rotatable bonds is 9. The summed E-state index contributed by atoms with van der Waals surface area (Å²) >= 11 is 0. The summed E-state index contributed by atoms with van der Waals surface area (Å²) in [6.07, 6.45) is 4.36. The molecule has 0 unspecified atom stereocenters. The van der Waals surface area contributed by atoms with Crippen LogP contribution in [-0.2, 0) is 13.0 Å². The van der Waals surface area contributed by atoms with Crippen molar-refractivity contribution in [1.82, 2.24) is 4.57 Å². The van der Waals surface area contributed by atoms with Gasteiger partial charge < -0.3 is 15.0 Å². The van der Waals surface area contributed by atoms with Gasteiger partial charge in [-0.3, -0.25) is 4.79 Å². The third-order valence-electron chi connectivity index (χ3n) is 5.81. The molecule has 0 bridgehead atoms. The zero-order chi connectivity index (χ0) is 22.7. The number of primary amides is 1. The molecule has 1 amide bonds. The summed E-state index contributed by atoms with van der Waals surface area (Å²) in [4.78, 5) is 12.2. The number of fused-ring (bicyclic) bond motifs is 3. The number of benzene rings is 3. The van der Waals surface area contributed by atoms with Gasteiger partial charge in [-0.05, 0) is 42.7 Å². The van der Waals surface area contributed by atoms with Crippen molar-refractivity contribution in [3.05, 3.63) is 77.4 Å². The molecule has 0 aliphatic carbocycles. The van der Waals surface area contributed by atoms with Gasteiger partial charge in [0.05, 0.1) is 12.1 Å². The van der Waals surface area contributed by atoms with E-state index in [1.807, 2.05) is 16.7 Å². The molecule has 0 saturated heterocycles. The monoisotopic (exact) mass is 436 g/mol. The van der Waals surface area contributed by atoms with Gasteiger partial charge in [-0.1, -0.05) is 56.2 Å². The number of nitrogens with two attached hydrogens (primary N) is 1. The molecule has 0 radical (unpaired) electrons. The Balaban J connectivity index is 1.90. The highest BCUT2D eigenvalue weighted by Gasteiger charge is 2.18. The molecule has 0 aliphatic heterocycles. The van der Waals surface area contributed by atoms with Crippen molar-refractivity contribution in [2.24, 2.45) is 5.73 Å². The van der Waals surface area contributed by atoms with Crippen LogP contribution in [0.3, 0.4) is 0 Å². The fourth-order valence-corrected chi connectivity index (χ4v) is 4.32. The first kappa shape index (κ1) is 21.8. The predicted molar refractivity (Wildman–Crippen MR) is 123 cm³/mol. The molecule has 32 heavy (non-hydrogen) atoms. The predicted octanol–water partition coefficient (Wildman–Crippen LogP) is 6.28. The van der Waals surface area contributed by atoms with Crippen LogP contribution in [0, 0.1) is 0 Å². The van der Waals surface area contributed by atoms with Gasteiger partial charge >= 0.3 is 6.61 Å². The van der Waals surface area contributed by atoms with Gasteiger partial charge in [0.15, 0.2) is 0 Å². The Hall–Kier alpha value is -3.41. The lowest BCUT2D eigenvalue weighted by atomic mass is 10.0. The van der Waals surface area contributed by atoms with Crippen LogP contribution in [0.1, 0.15) is 47.7 Å². The topological polar surface area (TPSA) is 57.2 Å². The van der Waals surface area contributed by atoms with Crippen molar-refractivity contribution < 1.29 is 18.3 Å². The Morgan fingerprint density at radius 2 is 1.84 bits per heavy atom. The van der Waals surface area contributed by atoms with Crippen LogP contribution in [0.4, 0.5) is 8.78 Å². The Bertz CT molecular complexity index is 1260. The van der Waals surface area contributed by atoms with Crippen LogP contribution < -0.4 is 10.5 Å². The molecule has 0 saturated carbocycles. The van der Waals surface area contributed by atoms with Crippen LogP contribution in [0.25, 0.3) is 21.8 Å². The van der Waals surface area contributed by atoms with Gasteiger partial charge in [0.2, 0.25) is 5.91 Å². The van der Waals surface area contributed by atoms with E-state index in [1.54, 1.807) is 36.4 Å². The number of amides is 1. The smallest absolute Gasteiger partial charge is 0.387 e. The molecule has 4 rings (SSSR count). The van der Waals surface area contributed by atoms with E-state index in [1.165, 1.54) is 5.56 Å². The first-order chi connectivity index (χ1) is 15.5. The first-order valence-electron chi connectivity index (χ1n) is 10.9. The third-order valence-corrected chi connectivity index (χ3v) is 5.81. The summed E-state index contributed by atoms with van der Waals surface area (Å²) in [6, 6.07) is 18.5. The average molecular weight is 437 g/mol. The zero-order valence-electron chi connectivity index (χ0n) is 18.0. The largest absolute Gasteiger partial charge is 0.434 e. The molecule has 0 atom stereocenters. The highest BCUT2D eigenvalue weighted by Crippen LogP contribution is 2.34. The molecular weight excluding hydrogens is 410 g/mol. The molecule has 4 nitrogen and oxygen atoms in total. The summed E-state index contributed by atoms with van der Waals surface area (Å²) in [5.74, 6) is -0.356. The van der Waals surface area contributed by atoms with E-state index in [0.717, 1.165) is 47.5 Å². The molecule has 0 aliphatic rings. The summed E-state index contributed by atoms with van der Waals surface area (Å²) in [6.45, 7) is -0.407. The van der Waals surface area contributed by atoms with Crippen molar-refractivity contribution in [3.8, 4) is 5.75 Å². The second-order valence-electron chi connectivity index (χ2n) is 7.94. The number of aromatic nitrogens is 1. The molecule has 4 aromatic rings. The van der Waals surface area contributed by atoms with E-state index >= 15 is 0 Å². The molecule has 1 aromatic heterocycles. The molecule has 6 heteroatoms. The number of hydrogen-bond donors (Lipinski definition) is 1. The fraction of sp³-hybridized carbons (Fsp3) is 0.269. The van der Waals surface area contributed by atoms with Gasteiger partial charge in [0.25, 0.3) is 0 Å². The highest BCUT2D eigenvalue weighted by molar-refractivity contribution is 6.18. The standard InChI is InChI=1S/C26H26F2N2O2/c1-2-3-4-8-17-13-14-19-22(15-17)30(21-11-7-10-20(24(19)21)25(29)31)16-18-9-5-6-12-23(18)32-26(27)28/h5-7,9-15,26H,2-4,8,16H2,1H3,(H2,29,31). The van der Waals surface area contributed by atoms with Crippen molar-refractivity contribution >= 4 is 27.7 Å². The molecule has 0 fully saturated rings. The normalized spacial score (nSPS) is 11.5. The summed E-state index contributed by atoms with van der Waals surface area (Å²) in [7, 11) is 0. The minimum Gasteiger partial charge on any atom is -0.434 e. The van der Waals surface area contributed by atoms with Crippen molar-refractivity contribution in [3.63, 3.8) is 0 Å². The Morgan fingerprint density at radius 1 is 1.03 bits per heavy atom. The van der Waals surface area contributed by atoms with Gasteiger partial charge in [0.1, 0.15) is 5.75 Å². The van der Waals surface area contributed by atoms with E-state index in [9.17, 15) is 13.6 Å². The Labute approximate surface area is 185 Å². The second-order valence-corrected chi connectivity index (χ2v) is 7.94. The van der Waals surface area contributed by atoms with Crippen molar-refractivity contribution in [1.29, 1.82) is 0 Å². The van der Waals surface area contributed by atoms with Crippen LogP contribution in [0.2, 0.25) is 0 Å². The van der Waals surface area contributed by atoms with E-state index in [-0.39, 0.29) is 5.75 Å². The number of carbonyl (C=O) groups excluding carboxylic acids is 1. The first-order valence-corrected chi connectivity index (χ1v) is 10.9. The number of alkyl halides is 2. The maximum absolute atomic E-state index is 12.9. The molecular formula is C26H26F2N2O2. The lowest BCUT2D eigenvalue weighted by Crippen LogP contribution is -2.11. The van der Waals surface area contributed by atoms with E-state index in [0.29, 0.717) is 17.7 Å². The minimum absolute atomic E-state index is 0.141. The lowest BCUT2D eigenvalue weighted by molar-refractivity contribution is -0.0504. The molecule has 3 aromatic carbocycles. The minimum atomic E-state index is -2.90. The number of hydrogen-bond acceptors (Lipinski definition) is 2. The summed E-state index contributed by atoms with van der Waals surface area (Å²) in [5.41, 5.74) is 9.72. The lowest BCUT2D eigenvalue weighted by Gasteiger charge is -2.13. The highest BCUT2D eigenvalue weighted by atomic mass is 19.3. The maximum atomic E-state index is 12.9. The molecule has 166 valence electrons. The van der Waals surface area contributed by atoms with Crippen molar-refractivity contribution in [2.75, 3.05) is 0 Å². The molecule has 2 N–H and O–H groups in total. The Morgan fingerprint density at radius 3 is 2.59 bits per heavy atom. The average Bonchev–Trinajstić information content (AvgIpc) is 3.08. The van der Waals surface area contributed by atoms with Crippen LogP contribution >= 0.6 is 0 Å². The van der Waals surface area contributed by atoms with E-state index in [2.05, 4.69) is 19.1 Å². The van der Waals surface area contributed by atoms with Gasteiger partial charge in [-0.2, -0.15) is 8.78 Å². The second kappa shape index (κ2) is 9.39. The summed E-state index contributed by atoms with van der Waals surface area (Å²) < 4.78 is 32.7. The molecule has 1 heterocycles. The summed E-state index contributed by atoms with van der Waals surface area (Å²) in [5, 5.41) is 1.70. The number of ether oxygens (including phenoxy) is 1. The van der Waals surface area contributed by atoms with Gasteiger partial charge in [0, 0.05) is 27.4 Å². The number of aryl methyl sites for hydroxylation is 1. The maximum Gasteiger partial charge on any atom is 0.387 e. The fourth-order valence-electron chi connectivity index (χ4n) is 4.32. The van der Waals surface area contributed by atoms with E-state index in [4.69, 9.17) is 10.5 Å². The van der Waals surface area contributed by atoms with Gasteiger partial charge in [-0.15, -0.1) is 0 Å². The van der Waals surface area contributed by atoms with E-state index < -0.39 is 12.5 Å². The number of para-hydroxylation sites is 1. The number of halogens is 2. The molecule has 0 spiro atoms. The zero-order valence-corrected chi connectivity index (χ0v) is 18.0. The van der Waals surface area contributed by atoms with Gasteiger partial charge in [-0.25, -0.2) is 0 Å². The van der Waals surface area contributed by atoms with Crippen LogP contribution in [0.15, 0.2) is 60.7 Å². The third kappa shape index (κ3) is 4.31. The quantitative estimate of drug-likeness (QED) is 0.314. The number of nitrogens with zero attached hydrogens (tertiary/aromatic N) is 1. The van der Waals surface area contributed by atoms with Crippen LogP contribution in [-0.4, -0.2) is 17.1 Å². The van der Waals surface area contributed by atoms with Crippen LogP contribution in [0.5, 0.6) is 5.75 Å². The Kier molecular flexibility index (Phi) is 6.40. The number of carbonyl (C=O) groups is 1.